The summed E-state index contributed by atoms with van der Waals surface area (Å²) < 4.78 is 7.19. The van der Waals surface area contributed by atoms with Gasteiger partial charge in [0, 0.05) is 30.6 Å². The van der Waals surface area contributed by atoms with E-state index in [1.807, 2.05) is 33.8 Å². The fourth-order valence-electron chi connectivity index (χ4n) is 4.66. The molecule has 2 aromatic heterocycles. The van der Waals surface area contributed by atoms with E-state index in [1.54, 1.807) is 24.5 Å². The van der Waals surface area contributed by atoms with E-state index in [1.165, 1.54) is 6.33 Å². The number of carbonyl (C=O) groups is 2. The fraction of sp³-hybridized carbons (Fsp3) is 0.364. The highest BCUT2D eigenvalue weighted by atomic mass is 16.3. The SMILES string of the molecule is O=C(N[C@@H]1c2ncnn2CC[C@]12CCN(C(=O)Cc1ccco1)C2)c1ccccc1. The molecular formula is C22H23N5O3. The molecule has 2 aliphatic heterocycles. The van der Waals surface area contributed by atoms with E-state index in [0.29, 0.717) is 24.4 Å². The van der Waals surface area contributed by atoms with Crippen molar-refractivity contribution in [1.29, 1.82) is 0 Å². The summed E-state index contributed by atoms with van der Waals surface area (Å²) in [6, 6.07) is 12.5. The summed E-state index contributed by atoms with van der Waals surface area (Å²) in [7, 11) is 0. The highest BCUT2D eigenvalue weighted by molar-refractivity contribution is 5.94. The molecule has 8 heteroatoms. The molecule has 0 radical (unpaired) electrons. The second-order valence-electron chi connectivity index (χ2n) is 8.05. The molecule has 0 bridgehead atoms. The van der Waals surface area contributed by atoms with Crippen LogP contribution in [0.3, 0.4) is 0 Å². The Labute approximate surface area is 173 Å². The number of aryl methyl sites for hydroxylation is 1. The molecule has 0 unspecified atom stereocenters. The third kappa shape index (κ3) is 3.28. The van der Waals surface area contributed by atoms with Crippen LogP contribution in [0.2, 0.25) is 0 Å². The Morgan fingerprint density at radius 3 is 2.77 bits per heavy atom. The van der Waals surface area contributed by atoms with Gasteiger partial charge in [-0.05, 0) is 37.1 Å². The van der Waals surface area contributed by atoms with Gasteiger partial charge < -0.3 is 14.6 Å². The molecule has 8 nitrogen and oxygen atoms in total. The fourth-order valence-corrected chi connectivity index (χ4v) is 4.66. The minimum Gasteiger partial charge on any atom is -0.469 e. The van der Waals surface area contributed by atoms with Gasteiger partial charge in [-0.25, -0.2) is 9.67 Å². The number of nitrogens with one attached hydrogen (secondary N) is 1. The van der Waals surface area contributed by atoms with Crippen molar-refractivity contribution in [3.8, 4) is 0 Å². The van der Waals surface area contributed by atoms with E-state index in [9.17, 15) is 9.59 Å². The molecule has 1 aromatic carbocycles. The number of fused-ring (bicyclic) bond motifs is 1. The van der Waals surface area contributed by atoms with Gasteiger partial charge in [0.15, 0.2) is 0 Å². The molecule has 0 saturated carbocycles. The van der Waals surface area contributed by atoms with Gasteiger partial charge >= 0.3 is 0 Å². The largest absolute Gasteiger partial charge is 0.469 e. The maximum Gasteiger partial charge on any atom is 0.251 e. The van der Waals surface area contributed by atoms with Crippen LogP contribution in [0.1, 0.15) is 40.8 Å². The average Bonchev–Trinajstić information content (AvgIpc) is 3.52. The van der Waals surface area contributed by atoms with Crippen LogP contribution in [0.15, 0.2) is 59.5 Å². The Hall–Kier alpha value is -3.42. The minimum atomic E-state index is -0.303. The predicted octanol–water partition coefficient (Wildman–Crippen LogP) is 2.21. The standard InChI is InChI=1S/C22H23N5O3/c28-18(13-17-7-4-12-30-17)26-10-8-22(14-26)9-11-27-20(23-15-24-27)19(22)25-21(29)16-5-2-1-3-6-16/h1-7,12,15,19H,8-11,13-14H2,(H,25,29)/t19-,22+/m1/s1. The molecule has 30 heavy (non-hydrogen) atoms. The van der Waals surface area contributed by atoms with Crippen LogP contribution in [0, 0.1) is 5.41 Å². The van der Waals surface area contributed by atoms with Crippen LogP contribution >= 0.6 is 0 Å². The van der Waals surface area contributed by atoms with Crippen LogP contribution in [0.4, 0.5) is 0 Å². The number of aromatic nitrogens is 3. The Morgan fingerprint density at radius 1 is 1.13 bits per heavy atom. The second-order valence-corrected chi connectivity index (χ2v) is 8.05. The summed E-state index contributed by atoms with van der Waals surface area (Å²) in [6.45, 7) is 1.97. The Kier molecular flexibility index (Phi) is 4.61. The first-order valence-corrected chi connectivity index (χ1v) is 10.2. The second kappa shape index (κ2) is 7.44. The van der Waals surface area contributed by atoms with Crippen LogP contribution in [0.5, 0.6) is 0 Å². The van der Waals surface area contributed by atoms with Crippen molar-refractivity contribution in [1.82, 2.24) is 25.0 Å². The number of carbonyl (C=O) groups excluding carboxylic acids is 2. The lowest BCUT2D eigenvalue weighted by Gasteiger charge is -2.40. The number of hydrogen-bond donors (Lipinski definition) is 1. The Morgan fingerprint density at radius 2 is 1.97 bits per heavy atom. The molecule has 2 atom stereocenters. The lowest BCUT2D eigenvalue weighted by Crippen LogP contribution is -2.48. The van der Waals surface area contributed by atoms with Gasteiger partial charge in [-0.2, -0.15) is 5.10 Å². The van der Waals surface area contributed by atoms with E-state index < -0.39 is 0 Å². The summed E-state index contributed by atoms with van der Waals surface area (Å²) >= 11 is 0. The van der Waals surface area contributed by atoms with Crippen molar-refractivity contribution in [2.75, 3.05) is 13.1 Å². The van der Waals surface area contributed by atoms with Gasteiger partial charge in [0.05, 0.1) is 18.7 Å². The van der Waals surface area contributed by atoms with E-state index in [2.05, 4.69) is 15.4 Å². The molecule has 154 valence electrons. The summed E-state index contributed by atoms with van der Waals surface area (Å²) in [5, 5.41) is 7.50. The van der Waals surface area contributed by atoms with Crippen molar-refractivity contribution in [2.45, 2.75) is 31.8 Å². The number of benzene rings is 1. The third-order valence-electron chi connectivity index (χ3n) is 6.29. The van der Waals surface area contributed by atoms with E-state index in [-0.39, 0.29) is 29.7 Å². The van der Waals surface area contributed by atoms with E-state index in [4.69, 9.17) is 4.42 Å². The lowest BCUT2D eigenvalue weighted by molar-refractivity contribution is -0.130. The molecule has 3 aromatic rings. The lowest BCUT2D eigenvalue weighted by atomic mass is 9.74. The maximum atomic E-state index is 13.0. The van der Waals surface area contributed by atoms with Crippen molar-refractivity contribution >= 4 is 11.8 Å². The van der Waals surface area contributed by atoms with Crippen LogP contribution in [-0.4, -0.2) is 44.6 Å². The summed E-state index contributed by atoms with van der Waals surface area (Å²) in [4.78, 5) is 32.1. The molecule has 2 aliphatic rings. The van der Waals surface area contributed by atoms with E-state index >= 15 is 0 Å². The highest BCUT2D eigenvalue weighted by Crippen LogP contribution is 2.47. The smallest absolute Gasteiger partial charge is 0.251 e. The number of nitrogens with zero attached hydrogens (tertiary/aromatic N) is 4. The molecule has 5 rings (SSSR count). The third-order valence-corrected chi connectivity index (χ3v) is 6.29. The van der Waals surface area contributed by atoms with Crippen LogP contribution in [0.25, 0.3) is 0 Å². The first-order valence-electron chi connectivity index (χ1n) is 10.2. The summed E-state index contributed by atoms with van der Waals surface area (Å²) in [6.07, 6.45) is 5.00. The number of rotatable bonds is 4. The molecule has 1 fully saturated rings. The normalized spacial score (nSPS) is 22.8. The predicted molar refractivity (Wildman–Crippen MR) is 107 cm³/mol. The molecule has 0 aliphatic carbocycles. The van der Waals surface area contributed by atoms with Gasteiger partial charge in [0.2, 0.25) is 5.91 Å². The van der Waals surface area contributed by atoms with Crippen LogP contribution < -0.4 is 5.32 Å². The van der Waals surface area contributed by atoms with Gasteiger partial charge in [0.1, 0.15) is 17.9 Å². The first-order chi connectivity index (χ1) is 14.6. The molecule has 4 heterocycles. The van der Waals surface area contributed by atoms with E-state index in [0.717, 1.165) is 25.2 Å². The quantitative estimate of drug-likeness (QED) is 0.718. The first kappa shape index (κ1) is 18.6. The number of furan rings is 1. The number of likely N-dealkylation sites (tertiary alicyclic amines) is 1. The molecule has 1 saturated heterocycles. The molecular weight excluding hydrogens is 382 g/mol. The zero-order valence-corrected chi connectivity index (χ0v) is 16.5. The van der Waals surface area contributed by atoms with Gasteiger partial charge in [-0.1, -0.05) is 18.2 Å². The Balaban J connectivity index is 1.39. The Bertz CT molecular complexity index is 1050. The number of amides is 2. The number of hydrogen-bond acceptors (Lipinski definition) is 5. The summed E-state index contributed by atoms with van der Waals surface area (Å²) in [5.41, 5.74) is 0.347. The van der Waals surface area contributed by atoms with Gasteiger partial charge in [-0.15, -0.1) is 0 Å². The summed E-state index contributed by atoms with van der Waals surface area (Å²) in [5.74, 6) is 1.32. The minimum absolute atomic E-state index is 0.0435. The van der Waals surface area contributed by atoms with Crippen molar-refractivity contribution in [3.63, 3.8) is 0 Å². The van der Waals surface area contributed by atoms with Crippen molar-refractivity contribution in [3.05, 3.63) is 72.2 Å². The molecule has 1 N–H and O–H groups in total. The average molecular weight is 405 g/mol. The monoisotopic (exact) mass is 405 g/mol. The van der Waals surface area contributed by atoms with Crippen molar-refractivity contribution < 1.29 is 14.0 Å². The van der Waals surface area contributed by atoms with Gasteiger partial charge in [-0.3, -0.25) is 9.59 Å². The topological polar surface area (TPSA) is 93.3 Å². The zero-order valence-electron chi connectivity index (χ0n) is 16.5. The molecule has 1 spiro atoms. The molecule has 2 amide bonds. The van der Waals surface area contributed by atoms with Gasteiger partial charge in [0.25, 0.3) is 5.91 Å². The van der Waals surface area contributed by atoms with Crippen molar-refractivity contribution in [2.24, 2.45) is 5.41 Å². The highest BCUT2D eigenvalue weighted by Gasteiger charge is 2.50. The zero-order chi connectivity index (χ0) is 20.6. The maximum absolute atomic E-state index is 13.0. The van der Waals surface area contributed by atoms with Crippen LogP contribution in [-0.2, 0) is 17.8 Å².